The fourth-order valence-corrected chi connectivity index (χ4v) is 2.15. The summed E-state index contributed by atoms with van der Waals surface area (Å²) in [4.78, 5) is 4.31. The molecule has 0 saturated heterocycles. The average molecular weight is 359 g/mol. The van der Waals surface area contributed by atoms with Crippen LogP contribution in [0.2, 0.25) is 0 Å². The van der Waals surface area contributed by atoms with E-state index < -0.39 is 0 Å². The zero-order valence-corrected chi connectivity index (χ0v) is 12.3. The van der Waals surface area contributed by atoms with Gasteiger partial charge in [-0.15, -0.1) is 0 Å². The number of aromatic nitrogens is 2. The van der Waals surface area contributed by atoms with Crippen LogP contribution in [0.25, 0.3) is 11.5 Å². The minimum Gasteiger partial charge on any atom is -0.383 e. The lowest BCUT2D eigenvalue weighted by atomic mass is 10.1. The summed E-state index contributed by atoms with van der Waals surface area (Å²) in [7, 11) is 1.59. The van der Waals surface area contributed by atoms with Crippen LogP contribution in [-0.4, -0.2) is 23.9 Å². The van der Waals surface area contributed by atoms with Gasteiger partial charge in [0.05, 0.1) is 18.2 Å². The summed E-state index contributed by atoms with van der Waals surface area (Å²) in [5, 5.41) is 3.89. The molecule has 0 saturated carbocycles. The largest absolute Gasteiger partial charge is 0.383 e. The van der Waals surface area contributed by atoms with E-state index in [4.69, 9.17) is 15.0 Å². The molecule has 1 aromatic heterocycles. The number of rotatable bonds is 4. The minimum atomic E-state index is -0.366. The molecule has 0 aliphatic heterocycles. The van der Waals surface area contributed by atoms with Gasteiger partial charge in [-0.05, 0) is 41.1 Å². The zero-order valence-electron chi connectivity index (χ0n) is 10.2. The van der Waals surface area contributed by atoms with Gasteiger partial charge in [0, 0.05) is 10.7 Å². The highest BCUT2D eigenvalue weighted by Crippen LogP contribution is 2.26. The van der Waals surface area contributed by atoms with Gasteiger partial charge in [0.2, 0.25) is 0 Å². The third kappa shape index (κ3) is 2.70. The van der Waals surface area contributed by atoms with Crippen molar-refractivity contribution >= 4 is 22.6 Å². The molecule has 0 fully saturated rings. The van der Waals surface area contributed by atoms with Gasteiger partial charge in [-0.25, -0.2) is 0 Å². The first-order valence-corrected chi connectivity index (χ1v) is 6.55. The third-order valence-corrected chi connectivity index (χ3v) is 3.97. The van der Waals surface area contributed by atoms with Crippen molar-refractivity contribution in [1.82, 2.24) is 10.1 Å². The van der Waals surface area contributed by atoms with Crippen molar-refractivity contribution in [2.75, 3.05) is 13.7 Å². The molecule has 0 bridgehead atoms. The molecule has 1 unspecified atom stereocenters. The Labute approximate surface area is 119 Å². The van der Waals surface area contributed by atoms with Crippen molar-refractivity contribution in [2.24, 2.45) is 5.73 Å². The second kappa shape index (κ2) is 5.77. The Morgan fingerprint density at radius 3 is 3.00 bits per heavy atom. The minimum absolute atomic E-state index is 0.365. The number of aryl methyl sites for hydroxylation is 1. The van der Waals surface area contributed by atoms with Crippen molar-refractivity contribution in [3.63, 3.8) is 0 Å². The summed E-state index contributed by atoms with van der Waals surface area (Å²) in [6.07, 6.45) is 0. The molecule has 2 aromatic rings. The van der Waals surface area contributed by atoms with Gasteiger partial charge in [0.1, 0.15) is 0 Å². The fourth-order valence-electron chi connectivity index (χ4n) is 1.56. The molecule has 0 radical (unpaired) electrons. The summed E-state index contributed by atoms with van der Waals surface area (Å²) in [6, 6.07) is 5.59. The van der Waals surface area contributed by atoms with Gasteiger partial charge in [0.15, 0.2) is 5.82 Å². The molecule has 0 spiro atoms. The molecule has 0 aliphatic rings. The smallest absolute Gasteiger partial charge is 0.259 e. The number of nitrogens with zero attached hydrogens (tertiary/aromatic N) is 2. The van der Waals surface area contributed by atoms with Crippen LogP contribution < -0.4 is 5.73 Å². The molecule has 1 atom stereocenters. The molecular weight excluding hydrogens is 345 g/mol. The second-order valence-electron chi connectivity index (χ2n) is 3.96. The molecular formula is C12H14IN3O2. The second-order valence-corrected chi connectivity index (χ2v) is 5.03. The number of benzene rings is 1. The highest BCUT2D eigenvalue weighted by Gasteiger charge is 2.17. The molecule has 2 rings (SSSR count). The van der Waals surface area contributed by atoms with Crippen LogP contribution in [0.1, 0.15) is 17.4 Å². The third-order valence-electron chi connectivity index (χ3n) is 2.54. The monoisotopic (exact) mass is 359 g/mol. The van der Waals surface area contributed by atoms with Gasteiger partial charge >= 0.3 is 0 Å². The van der Waals surface area contributed by atoms with E-state index in [2.05, 4.69) is 32.7 Å². The number of nitrogens with two attached hydrogens (primary N) is 1. The topological polar surface area (TPSA) is 74.2 Å². The highest BCUT2D eigenvalue weighted by atomic mass is 127. The Bertz CT molecular complexity index is 542. The van der Waals surface area contributed by atoms with E-state index in [9.17, 15) is 0 Å². The molecule has 18 heavy (non-hydrogen) atoms. The van der Waals surface area contributed by atoms with Crippen LogP contribution in [0.3, 0.4) is 0 Å². The van der Waals surface area contributed by atoms with Gasteiger partial charge in [0.25, 0.3) is 5.89 Å². The number of halogens is 1. The summed E-state index contributed by atoms with van der Waals surface area (Å²) in [5.41, 5.74) is 7.96. The number of methoxy groups -OCH3 is 1. The van der Waals surface area contributed by atoms with E-state index in [-0.39, 0.29) is 6.04 Å². The maximum Gasteiger partial charge on any atom is 0.259 e. The van der Waals surface area contributed by atoms with Gasteiger partial charge in [-0.2, -0.15) is 4.98 Å². The maximum absolute atomic E-state index is 5.85. The van der Waals surface area contributed by atoms with Gasteiger partial charge in [-0.3, -0.25) is 0 Å². The Morgan fingerprint density at radius 1 is 1.50 bits per heavy atom. The Morgan fingerprint density at radius 2 is 2.28 bits per heavy atom. The van der Waals surface area contributed by atoms with Crippen LogP contribution in [-0.2, 0) is 4.74 Å². The molecule has 96 valence electrons. The normalized spacial score (nSPS) is 12.7. The first-order valence-electron chi connectivity index (χ1n) is 5.47. The van der Waals surface area contributed by atoms with Crippen LogP contribution in [0.4, 0.5) is 0 Å². The number of ether oxygens (including phenoxy) is 1. The van der Waals surface area contributed by atoms with Crippen molar-refractivity contribution in [3.8, 4) is 11.5 Å². The lowest BCUT2D eigenvalue weighted by Gasteiger charge is -2.03. The van der Waals surface area contributed by atoms with Crippen LogP contribution in [0.5, 0.6) is 0 Å². The quantitative estimate of drug-likeness (QED) is 0.848. The van der Waals surface area contributed by atoms with E-state index in [1.54, 1.807) is 7.11 Å². The summed E-state index contributed by atoms with van der Waals surface area (Å²) >= 11 is 2.27. The number of hydrogen-bond acceptors (Lipinski definition) is 5. The molecule has 0 amide bonds. The molecule has 0 aliphatic carbocycles. The van der Waals surface area contributed by atoms with Crippen LogP contribution in [0, 0.1) is 10.5 Å². The predicted molar refractivity (Wildman–Crippen MR) is 76.0 cm³/mol. The average Bonchev–Trinajstić information content (AvgIpc) is 2.82. The molecule has 1 aromatic carbocycles. The summed E-state index contributed by atoms with van der Waals surface area (Å²) < 4.78 is 11.3. The predicted octanol–water partition coefficient (Wildman–Crippen LogP) is 2.30. The van der Waals surface area contributed by atoms with Crippen molar-refractivity contribution in [1.29, 1.82) is 0 Å². The van der Waals surface area contributed by atoms with Crippen LogP contribution in [0.15, 0.2) is 22.7 Å². The Kier molecular flexibility index (Phi) is 4.31. The summed E-state index contributed by atoms with van der Waals surface area (Å²) in [6.45, 7) is 2.41. The lowest BCUT2D eigenvalue weighted by Crippen LogP contribution is -2.17. The lowest BCUT2D eigenvalue weighted by molar-refractivity contribution is 0.177. The van der Waals surface area contributed by atoms with E-state index in [0.29, 0.717) is 18.3 Å². The van der Waals surface area contributed by atoms with E-state index in [1.807, 2.05) is 25.1 Å². The molecule has 6 heteroatoms. The van der Waals surface area contributed by atoms with Gasteiger partial charge < -0.3 is 15.0 Å². The number of hydrogen-bond donors (Lipinski definition) is 1. The first kappa shape index (κ1) is 13.4. The van der Waals surface area contributed by atoms with E-state index in [0.717, 1.165) is 9.13 Å². The first-order chi connectivity index (χ1) is 8.63. The molecule has 5 nitrogen and oxygen atoms in total. The fraction of sp³-hybridized carbons (Fsp3) is 0.333. The maximum atomic E-state index is 5.85. The standard InChI is InChI=1S/C12H14IN3O2/c1-7-4-3-5-8(10(7)13)12-15-11(16-18-12)9(14)6-17-2/h3-5,9H,6,14H2,1-2H3. The van der Waals surface area contributed by atoms with E-state index >= 15 is 0 Å². The van der Waals surface area contributed by atoms with Crippen LogP contribution >= 0.6 is 22.6 Å². The SMILES string of the molecule is COCC(N)c1noc(-c2cccc(C)c2I)n1. The zero-order chi connectivity index (χ0) is 13.1. The molecule has 2 N–H and O–H groups in total. The van der Waals surface area contributed by atoms with Gasteiger partial charge in [-0.1, -0.05) is 17.3 Å². The van der Waals surface area contributed by atoms with Crippen molar-refractivity contribution in [3.05, 3.63) is 33.2 Å². The Balaban J connectivity index is 2.32. The Hall–Kier alpha value is -0.990. The highest BCUT2D eigenvalue weighted by molar-refractivity contribution is 14.1. The van der Waals surface area contributed by atoms with E-state index in [1.165, 1.54) is 5.56 Å². The summed E-state index contributed by atoms with van der Waals surface area (Å²) in [5.74, 6) is 0.953. The van der Waals surface area contributed by atoms with Crippen molar-refractivity contribution < 1.29 is 9.26 Å². The molecule has 1 heterocycles. The van der Waals surface area contributed by atoms with Crippen molar-refractivity contribution in [2.45, 2.75) is 13.0 Å².